The van der Waals surface area contributed by atoms with Crippen LogP contribution in [0.25, 0.3) is 0 Å². The van der Waals surface area contributed by atoms with Gasteiger partial charge in [-0.3, -0.25) is 14.4 Å². The molecule has 0 aromatic carbocycles. The van der Waals surface area contributed by atoms with E-state index in [0.717, 1.165) is 0 Å². The molecule has 2 unspecified atom stereocenters. The maximum absolute atomic E-state index is 12.3. The zero-order valence-corrected chi connectivity index (χ0v) is 14.2. The number of nitrogens with one attached hydrogen (secondary N) is 3. The molecule has 1 fully saturated rings. The topological polar surface area (TPSA) is 114 Å². The number of piperidine rings is 1. The van der Waals surface area contributed by atoms with E-state index in [1.165, 1.54) is 0 Å². The molecule has 1 heterocycles. The fourth-order valence-electron chi connectivity index (χ4n) is 2.08. The molecule has 2 atom stereocenters. The Morgan fingerprint density at radius 2 is 1.87 bits per heavy atom. The number of alkyl carbamates (subject to hydrolysis) is 1. The van der Waals surface area contributed by atoms with Gasteiger partial charge in [-0.05, 0) is 33.1 Å². The summed E-state index contributed by atoms with van der Waals surface area (Å²) in [6.07, 6.45) is -0.382. The molecule has 8 heteroatoms. The van der Waals surface area contributed by atoms with E-state index in [1.54, 1.807) is 34.6 Å². The van der Waals surface area contributed by atoms with Gasteiger partial charge in [0.25, 0.3) is 5.91 Å². The Morgan fingerprint density at radius 1 is 1.26 bits per heavy atom. The van der Waals surface area contributed by atoms with Gasteiger partial charge < -0.3 is 20.7 Å². The molecule has 1 rings (SSSR count). The molecule has 0 bridgehead atoms. The Labute approximate surface area is 135 Å². The van der Waals surface area contributed by atoms with Gasteiger partial charge in [0.05, 0.1) is 6.04 Å². The van der Waals surface area contributed by atoms with Gasteiger partial charge in [-0.25, -0.2) is 4.79 Å². The van der Waals surface area contributed by atoms with Gasteiger partial charge in [0, 0.05) is 6.54 Å². The van der Waals surface area contributed by atoms with Crippen molar-refractivity contribution in [3.63, 3.8) is 0 Å². The molecule has 8 nitrogen and oxygen atoms in total. The maximum Gasteiger partial charge on any atom is 0.408 e. The van der Waals surface area contributed by atoms with Gasteiger partial charge in [0.15, 0.2) is 0 Å². The highest BCUT2D eigenvalue weighted by atomic mass is 16.6. The van der Waals surface area contributed by atoms with Crippen LogP contribution in [0.4, 0.5) is 4.79 Å². The highest BCUT2D eigenvalue weighted by molar-refractivity contribution is 6.39. The third-order valence-electron chi connectivity index (χ3n) is 3.20. The average molecular weight is 327 g/mol. The number of ether oxygens (including phenoxy) is 1. The number of carbonyl (C=O) groups is 4. The first-order valence-corrected chi connectivity index (χ1v) is 7.63. The summed E-state index contributed by atoms with van der Waals surface area (Å²) >= 11 is 0. The Kier molecular flexibility index (Phi) is 6.12. The van der Waals surface area contributed by atoms with Gasteiger partial charge in [0.2, 0.25) is 11.7 Å². The molecule has 0 aromatic rings. The Bertz CT molecular complexity index is 496. The second kappa shape index (κ2) is 7.43. The molecule has 0 saturated carbocycles. The molecule has 0 spiro atoms. The van der Waals surface area contributed by atoms with Crippen molar-refractivity contribution in [3.8, 4) is 0 Å². The van der Waals surface area contributed by atoms with Crippen molar-refractivity contribution >= 4 is 23.7 Å². The molecule has 1 aliphatic heterocycles. The van der Waals surface area contributed by atoms with Crippen LogP contribution in [0, 0.1) is 5.92 Å². The summed E-state index contributed by atoms with van der Waals surface area (Å²) in [5, 5.41) is 7.45. The summed E-state index contributed by atoms with van der Waals surface area (Å²) in [4.78, 5) is 47.2. The predicted octanol–water partition coefficient (Wildman–Crippen LogP) is 0.110. The fourth-order valence-corrected chi connectivity index (χ4v) is 2.08. The van der Waals surface area contributed by atoms with E-state index in [0.29, 0.717) is 13.0 Å². The number of Topliss-reactive ketones (excluding diaryl/α,β-unsaturated/α-hetero) is 1. The van der Waals surface area contributed by atoms with Gasteiger partial charge in [0.1, 0.15) is 11.6 Å². The highest BCUT2D eigenvalue weighted by Gasteiger charge is 2.34. The third-order valence-corrected chi connectivity index (χ3v) is 3.20. The van der Waals surface area contributed by atoms with Crippen molar-refractivity contribution in [1.82, 2.24) is 16.0 Å². The third kappa shape index (κ3) is 5.88. The van der Waals surface area contributed by atoms with Gasteiger partial charge in [-0.1, -0.05) is 13.8 Å². The summed E-state index contributed by atoms with van der Waals surface area (Å²) in [5.41, 5.74) is -0.681. The number of hydrogen-bond acceptors (Lipinski definition) is 5. The average Bonchev–Trinajstić information content (AvgIpc) is 2.39. The molecule has 23 heavy (non-hydrogen) atoms. The van der Waals surface area contributed by atoms with Crippen LogP contribution in [0.5, 0.6) is 0 Å². The van der Waals surface area contributed by atoms with Crippen molar-refractivity contribution in [2.45, 2.75) is 58.7 Å². The standard InChI is InChI=1S/C15H25N3O5/c1-8(2)10(18-14(22)23-15(3,4)5)12(20)17-9-6-7-16-13(21)11(9)19/h8-10H,6-7H2,1-5H3,(H,16,21)(H,17,20)(H,18,22). The van der Waals surface area contributed by atoms with Gasteiger partial charge >= 0.3 is 6.09 Å². The fraction of sp³-hybridized carbons (Fsp3) is 0.733. The Balaban J connectivity index is 2.69. The second-order valence-electron chi connectivity index (χ2n) is 6.84. The molecule has 0 aromatic heterocycles. The van der Waals surface area contributed by atoms with E-state index in [1.807, 2.05) is 0 Å². The Hall–Kier alpha value is -2.12. The first-order chi connectivity index (χ1) is 10.5. The summed E-state index contributed by atoms with van der Waals surface area (Å²) in [7, 11) is 0. The summed E-state index contributed by atoms with van der Waals surface area (Å²) in [5.74, 6) is -2.11. The molecule has 0 radical (unpaired) electrons. The largest absolute Gasteiger partial charge is 0.444 e. The molecular formula is C15H25N3O5. The predicted molar refractivity (Wildman–Crippen MR) is 82.6 cm³/mol. The first kappa shape index (κ1) is 18.9. The Morgan fingerprint density at radius 3 is 2.39 bits per heavy atom. The minimum Gasteiger partial charge on any atom is -0.444 e. The van der Waals surface area contributed by atoms with E-state index in [2.05, 4.69) is 16.0 Å². The summed E-state index contributed by atoms with van der Waals surface area (Å²) in [6.45, 7) is 9.00. The van der Waals surface area contributed by atoms with Gasteiger partial charge in [-0.2, -0.15) is 0 Å². The normalized spacial score (nSPS) is 19.8. The van der Waals surface area contributed by atoms with Crippen molar-refractivity contribution in [3.05, 3.63) is 0 Å². The van der Waals surface area contributed by atoms with E-state index in [-0.39, 0.29) is 5.92 Å². The number of ketones is 1. The molecule has 3 amide bonds. The molecule has 0 aliphatic carbocycles. The minimum absolute atomic E-state index is 0.213. The summed E-state index contributed by atoms with van der Waals surface area (Å²) < 4.78 is 5.14. The van der Waals surface area contributed by atoms with Crippen molar-refractivity contribution in [1.29, 1.82) is 0 Å². The monoisotopic (exact) mass is 327 g/mol. The lowest BCUT2D eigenvalue weighted by Gasteiger charge is -2.27. The van der Waals surface area contributed by atoms with Crippen LogP contribution in [0.3, 0.4) is 0 Å². The number of hydrogen-bond donors (Lipinski definition) is 3. The zero-order chi connectivity index (χ0) is 17.8. The van der Waals surface area contributed by atoms with Crippen LogP contribution < -0.4 is 16.0 Å². The minimum atomic E-state index is -0.863. The number of amides is 3. The molecule has 130 valence electrons. The van der Waals surface area contributed by atoms with E-state index in [4.69, 9.17) is 4.74 Å². The lowest BCUT2D eigenvalue weighted by atomic mass is 10.0. The van der Waals surface area contributed by atoms with Crippen molar-refractivity contribution in [2.75, 3.05) is 6.54 Å². The number of carbonyl (C=O) groups excluding carboxylic acids is 4. The van der Waals surface area contributed by atoms with Crippen LogP contribution in [0.15, 0.2) is 0 Å². The van der Waals surface area contributed by atoms with Crippen molar-refractivity contribution < 1.29 is 23.9 Å². The van der Waals surface area contributed by atoms with Crippen LogP contribution >= 0.6 is 0 Å². The number of rotatable bonds is 4. The lowest BCUT2D eigenvalue weighted by molar-refractivity contribution is -0.142. The quantitative estimate of drug-likeness (QED) is 0.634. The first-order valence-electron chi connectivity index (χ1n) is 7.63. The maximum atomic E-state index is 12.3. The van der Waals surface area contributed by atoms with Crippen LogP contribution in [-0.2, 0) is 19.1 Å². The molecular weight excluding hydrogens is 302 g/mol. The van der Waals surface area contributed by atoms with Crippen molar-refractivity contribution in [2.24, 2.45) is 5.92 Å². The second-order valence-corrected chi connectivity index (χ2v) is 6.84. The molecule has 1 aliphatic rings. The van der Waals surface area contributed by atoms with E-state index >= 15 is 0 Å². The molecule has 1 saturated heterocycles. The smallest absolute Gasteiger partial charge is 0.408 e. The van der Waals surface area contributed by atoms with E-state index < -0.39 is 41.4 Å². The van der Waals surface area contributed by atoms with Gasteiger partial charge in [-0.15, -0.1) is 0 Å². The zero-order valence-electron chi connectivity index (χ0n) is 14.2. The lowest BCUT2D eigenvalue weighted by Crippen LogP contribution is -2.58. The molecule has 3 N–H and O–H groups in total. The highest BCUT2D eigenvalue weighted by Crippen LogP contribution is 2.09. The van der Waals surface area contributed by atoms with E-state index in [9.17, 15) is 19.2 Å². The SMILES string of the molecule is CC(C)C(NC(=O)OC(C)(C)C)C(=O)NC1CCNC(=O)C1=O. The van der Waals surface area contributed by atoms with Crippen LogP contribution in [0.2, 0.25) is 0 Å². The summed E-state index contributed by atoms with van der Waals surface area (Å²) in [6, 6.07) is -1.72. The van der Waals surface area contributed by atoms with Crippen LogP contribution in [-0.4, -0.2) is 47.9 Å². The van der Waals surface area contributed by atoms with Crippen LogP contribution in [0.1, 0.15) is 41.0 Å².